The van der Waals surface area contributed by atoms with Crippen molar-refractivity contribution in [3.8, 4) is 5.69 Å². The predicted molar refractivity (Wildman–Crippen MR) is 60.2 cm³/mol. The smallest absolute Gasteiger partial charge is 0.360 e. The third kappa shape index (κ3) is 2.26. The van der Waals surface area contributed by atoms with E-state index in [4.69, 9.17) is 11.6 Å². The average molecular weight is 253 g/mol. The second kappa shape index (κ2) is 4.50. The molecular weight excluding hydrogens is 244 g/mol. The van der Waals surface area contributed by atoms with Crippen molar-refractivity contribution in [2.45, 2.75) is 6.92 Å². The maximum Gasteiger partial charge on any atom is 0.360 e. The molecule has 2 rings (SSSR count). The summed E-state index contributed by atoms with van der Waals surface area (Å²) in [4.78, 5) is 15.2. The number of pyridine rings is 1. The Kier molecular flexibility index (Phi) is 3.06. The number of nitrogens with zero attached hydrogens (tertiary/aromatic N) is 4. The minimum Gasteiger partial charge on any atom is -0.464 e. The van der Waals surface area contributed by atoms with Crippen molar-refractivity contribution in [1.29, 1.82) is 0 Å². The summed E-state index contributed by atoms with van der Waals surface area (Å²) in [5.41, 5.74) is 1.73. The first-order chi connectivity index (χ1) is 8.11. The number of carbonyl (C=O) groups is 1. The highest BCUT2D eigenvalue weighted by molar-refractivity contribution is 6.29. The van der Waals surface area contributed by atoms with Crippen LogP contribution in [0, 0.1) is 6.92 Å². The molecule has 0 saturated carbocycles. The van der Waals surface area contributed by atoms with E-state index < -0.39 is 5.97 Å². The zero-order valence-electron chi connectivity index (χ0n) is 9.22. The number of carbonyl (C=O) groups excluding carboxylic acids is 1. The van der Waals surface area contributed by atoms with Crippen LogP contribution in [0.15, 0.2) is 18.5 Å². The zero-order chi connectivity index (χ0) is 12.4. The highest BCUT2D eigenvalue weighted by Gasteiger charge is 2.12. The third-order valence-electron chi connectivity index (χ3n) is 2.18. The van der Waals surface area contributed by atoms with Gasteiger partial charge in [0.15, 0.2) is 5.69 Å². The molecule has 2 aromatic heterocycles. The number of methoxy groups -OCH3 is 1. The van der Waals surface area contributed by atoms with Gasteiger partial charge in [0, 0.05) is 12.3 Å². The van der Waals surface area contributed by atoms with Crippen LogP contribution in [0.4, 0.5) is 0 Å². The molecule has 0 aromatic carbocycles. The molecule has 0 bridgehead atoms. The van der Waals surface area contributed by atoms with E-state index in [0.29, 0.717) is 10.8 Å². The number of esters is 1. The summed E-state index contributed by atoms with van der Waals surface area (Å²) in [7, 11) is 1.29. The quantitative estimate of drug-likeness (QED) is 0.597. The Bertz CT molecular complexity index is 567. The first-order valence-corrected chi connectivity index (χ1v) is 5.13. The molecule has 0 aliphatic heterocycles. The Morgan fingerprint density at radius 3 is 3.00 bits per heavy atom. The Balaban J connectivity index is 2.43. The molecule has 0 unspecified atom stereocenters. The normalized spacial score (nSPS) is 10.3. The highest BCUT2D eigenvalue weighted by Crippen LogP contribution is 2.16. The van der Waals surface area contributed by atoms with Gasteiger partial charge in [-0.25, -0.2) is 14.5 Å². The highest BCUT2D eigenvalue weighted by atomic mass is 35.5. The summed E-state index contributed by atoms with van der Waals surface area (Å²) in [5, 5.41) is 7.89. The molecule has 0 saturated heterocycles. The summed E-state index contributed by atoms with van der Waals surface area (Å²) in [6, 6.07) is 1.65. The molecular formula is C10H9ClN4O2. The van der Waals surface area contributed by atoms with Crippen molar-refractivity contribution in [3.05, 3.63) is 34.9 Å². The van der Waals surface area contributed by atoms with Gasteiger partial charge < -0.3 is 4.74 Å². The lowest BCUT2D eigenvalue weighted by Gasteiger charge is -2.03. The van der Waals surface area contributed by atoms with E-state index in [0.717, 1.165) is 5.56 Å². The molecule has 88 valence electrons. The van der Waals surface area contributed by atoms with Crippen LogP contribution in [-0.4, -0.2) is 33.1 Å². The Morgan fingerprint density at radius 2 is 2.29 bits per heavy atom. The van der Waals surface area contributed by atoms with Crippen LogP contribution in [0.25, 0.3) is 5.69 Å². The third-order valence-corrected chi connectivity index (χ3v) is 2.38. The predicted octanol–water partition coefficient (Wildman–Crippen LogP) is 1.41. The van der Waals surface area contributed by atoms with Crippen molar-refractivity contribution < 1.29 is 9.53 Å². The van der Waals surface area contributed by atoms with Crippen molar-refractivity contribution in [2.24, 2.45) is 0 Å². The zero-order valence-corrected chi connectivity index (χ0v) is 9.97. The van der Waals surface area contributed by atoms with Gasteiger partial charge in [0.1, 0.15) is 5.15 Å². The van der Waals surface area contributed by atoms with E-state index in [1.165, 1.54) is 18.0 Å². The molecule has 6 nitrogen and oxygen atoms in total. The second-order valence-electron chi connectivity index (χ2n) is 3.33. The molecule has 2 aromatic rings. The van der Waals surface area contributed by atoms with Crippen molar-refractivity contribution >= 4 is 17.6 Å². The monoisotopic (exact) mass is 252 g/mol. The van der Waals surface area contributed by atoms with Crippen LogP contribution in [-0.2, 0) is 4.74 Å². The number of aromatic nitrogens is 4. The van der Waals surface area contributed by atoms with Gasteiger partial charge in [0.05, 0.1) is 19.0 Å². The van der Waals surface area contributed by atoms with Gasteiger partial charge in [0.2, 0.25) is 0 Å². The lowest BCUT2D eigenvalue weighted by molar-refractivity contribution is 0.0594. The molecule has 0 fully saturated rings. The first kappa shape index (κ1) is 11.5. The standard InChI is InChI=1S/C10H9ClN4O2/c1-6-4-12-9(11)3-8(6)15-5-7(13-14-15)10(16)17-2/h3-5H,1-2H3. The summed E-state index contributed by atoms with van der Waals surface area (Å²) < 4.78 is 6.00. The van der Waals surface area contributed by atoms with E-state index in [1.54, 1.807) is 12.3 Å². The molecule has 0 aliphatic carbocycles. The average Bonchev–Trinajstić information content (AvgIpc) is 2.80. The van der Waals surface area contributed by atoms with Crippen LogP contribution in [0.5, 0.6) is 0 Å². The van der Waals surface area contributed by atoms with E-state index in [-0.39, 0.29) is 5.69 Å². The Morgan fingerprint density at radius 1 is 1.53 bits per heavy atom. The number of rotatable bonds is 2. The van der Waals surface area contributed by atoms with E-state index in [1.807, 2.05) is 6.92 Å². The molecule has 2 heterocycles. The number of hydrogen-bond acceptors (Lipinski definition) is 5. The molecule has 0 atom stereocenters. The second-order valence-corrected chi connectivity index (χ2v) is 3.72. The van der Waals surface area contributed by atoms with Gasteiger partial charge in [-0.05, 0) is 12.5 Å². The lowest BCUT2D eigenvalue weighted by atomic mass is 10.2. The molecule has 0 amide bonds. The van der Waals surface area contributed by atoms with Crippen LogP contribution < -0.4 is 0 Å². The van der Waals surface area contributed by atoms with Gasteiger partial charge in [-0.2, -0.15) is 0 Å². The van der Waals surface area contributed by atoms with Gasteiger partial charge in [-0.3, -0.25) is 0 Å². The Hall–Kier alpha value is -1.95. The van der Waals surface area contributed by atoms with Crippen LogP contribution in [0.2, 0.25) is 5.15 Å². The van der Waals surface area contributed by atoms with Gasteiger partial charge in [-0.15, -0.1) is 5.10 Å². The van der Waals surface area contributed by atoms with Crippen LogP contribution in [0.1, 0.15) is 16.1 Å². The molecule has 0 N–H and O–H groups in total. The molecule has 0 aliphatic rings. The minimum absolute atomic E-state index is 0.139. The minimum atomic E-state index is -0.533. The first-order valence-electron chi connectivity index (χ1n) is 4.75. The number of hydrogen-bond donors (Lipinski definition) is 0. The maximum atomic E-state index is 11.2. The summed E-state index contributed by atoms with van der Waals surface area (Å²) in [6.45, 7) is 1.86. The van der Waals surface area contributed by atoms with Crippen molar-refractivity contribution in [3.63, 3.8) is 0 Å². The topological polar surface area (TPSA) is 69.9 Å². The molecule has 0 spiro atoms. The molecule has 17 heavy (non-hydrogen) atoms. The summed E-state index contributed by atoms with van der Waals surface area (Å²) in [5.74, 6) is -0.533. The van der Waals surface area contributed by atoms with Gasteiger partial charge in [0.25, 0.3) is 0 Å². The maximum absolute atomic E-state index is 11.2. The molecule has 7 heteroatoms. The van der Waals surface area contributed by atoms with Gasteiger partial charge >= 0.3 is 5.97 Å². The number of ether oxygens (including phenoxy) is 1. The van der Waals surface area contributed by atoms with Crippen LogP contribution >= 0.6 is 11.6 Å². The van der Waals surface area contributed by atoms with E-state index >= 15 is 0 Å². The Labute approximate surface area is 102 Å². The molecule has 0 radical (unpaired) electrons. The van der Waals surface area contributed by atoms with E-state index in [2.05, 4.69) is 20.0 Å². The number of aryl methyl sites for hydroxylation is 1. The fourth-order valence-electron chi connectivity index (χ4n) is 1.32. The summed E-state index contributed by atoms with van der Waals surface area (Å²) in [6.07, 6.45) is 3.10. The van der Waals surface area contributed by atoms with Crippen LogP contribution in [0.3, 0.4) is 0 Å². The van der Waals surface area contributed by atoms with Crippen molar-refractivity contribution in [1.82, 2.24) is 20.0 Å². The number of halogens is 1. The lowest BCUT2D eigenvalue weighted by Crippen LogP contribution is -2.01. The van der Waals surface area contributed by atoms with Crippen molar-refractivity contribution in [2.75, 3.05) is 7.11 Å². The summed E-state index contributed by atoms with van der Waals surface area (Å²) >= 11 is 5.80. The van der Waals surface area contributed by atoms with E-state index in [9.17, 15) is 4.79 Å². The van der Waals surface area contributed by atoms with Gasteiger partial charge in [-0.1, -0.05) is 16.8 Å². The fourth-order valence-corrected chi connectivity index (χ4v) is 1.47. The SMILES string of the molecule is COC(=O)c1cn(-c2cc(Cl)ncc2C)nn1. The largest absolute Gasteiger partial charge is 0.464 e. The fraction of sp³-hybridized carbons (Fsp3) is 0.200.